The highest BCUT2D eigenvalue weighted by Crippen LogP contribution is 2.29. The molecule has 0 spiro atoms. The lowest BCUT2D eigenvalue weighted by Gasteiger charge is -2.09. The minimum absolute atomic E-state index is 0.00279. The highest BCUT2D eigenvalue weighted by atomic mass is 79.9. The SMILES string of the molecule is N#C/C(=C/c1ccc(OCc2cccc([N+](=O)[O-])c2)c(Br)c1)c1nc2ccc(F)cc2[nH]1. The standard InChI is InChI=1S/C23H14BrFN4O3/c24-19-10-14(4-7-22(19)32-13-15-2-1-3-18(9-15)29(30)31)8-16(12-26)23-27-20-6-5-17(25)11-21(20)28-23/h1-11H,13H2,(H,27,28)/b16-8-. The summed E-state index contributed by atoms with van der Waals surface area (Å²) in [6, 6.07) is 17.8. The van der Waals surface area contributed by atoms with Crippen LogP contribution >= 0.6 is 15.9 Å². The maximum Gasteiger partial charge on any atom is 0.269 e. The molecule has 4 rings (SSSR count). The molecule has 3 aromatic carbocycles. The van der Waals surface area contributed by atoms with Gasteiger partial charge in [-0.25, -0.2) is 9.37 Å². The molecule has 4 aromatic rings. The Hall–Kier alpha value is -4.03. The number of nitrogens with zero attached hydrogens (tertiary/aromatic N) is 3. The van der Waals surface area contributed by atoms with Crippen LogP contribution < -0.4 is 4.74 Å². The molecule has 0 atom stereocenters. The number of H-pyrrole nitrogens is 1. The van der Waals surface area contributed by atoms with E-state index in [9.17, 15) is 19.8 Å². The number of nitriles is 1. The maximum atomic E-state index is 13.4. The number of hydrogen-bond acceptors (Lipinski definition) is 5. The Morgan fingerprint density at radius 1 is 1.25 bits per heavy atom. The van der Waals surface area contributed by atoms with Crippen LogP contribution in [0.4, 0.5) is 10.1 Å². The molecule has 0 bridgehead atoms. The van der Waals surface area contributed by atoms with E-state index in [1.165, 1.54) is 24.3 Å². The number of hydrogen-bond donors (Lipinski definition) is 1. The van der Waals surface area contributed by atoms with Gasteiger partial charge in [-0.05, 0) is 63.5 Å². The van der Waals surface area contributed by atoms with Gasteiger partial charge >= 0.3 is 0 Å². The summed E-state index contributed by atoms with van der Waals surface area (Å²) in [7, 11) is 0. The number of aromatic nitrogens is 2. The van der Waals surface area contributed by atoms with Crippen molar-refractivity contribution in [1.29, 1.82) is 5.26 Å². The van der Waals surface area contributed by atoms with Gasteiger partial charge in [0.2, 0.25) is 0 Å². The van der Waals surface area contributed by atoms with E-state index in [0.29, 0.717) is 38.2 Å². The van der Waals surface area contributed by atoms with E-state index in [2.05, 4.69) is 32.0 Å². The van der Waals surface area contributed by atoms with Gasteiger partial charge in [0.1, 0.15) is 30.1 Å². The van der Waals surface area contributed by atoms with Gasteiger partial charge in [-0.15, -0.1) is 0 Å². The van der Waals surface area contributed by atoms with Crippen molar-refractivity contribution >= 4 is 44.3 Å². The highest BCUT2D eigenvalue weighted by Gasteiger charge is 2.11. The normalized spacial score (nSPS) is 11.3. The monoisotopic (exact) mass is 492 g/mol. The smallest absolute Gasteiger partial charge is 0.269 e. The highest BCUT2D eigenvalue weighted by molar-refractivity contribution is 9.10. The zero-order valence-corrected chi connectivity index (χ0v) is 18.0. The number of nitro groups is 1. The molecule has 0 aliphatic carbocycles. The van der Waals surface area contributed by atoms with Gasteiger partial charge in [0.25, 0.3) is 5.69 Å². The molecule has 1 heterocycles. The quantitative estimate of drug-likeness (QED) is 0.201. The van der Waals surface area contributed by atoms with Gasteiger partial charge in [0, 0.05) is 12.1 Å². The minimum Gasteiger partial charge on any atom is -0.488 e. The zero-order chi connectivity index (χ0) is 22.7. The second-order valence-corrected chi connectivity index (χ2v) is 7.68. The molecule has 0 fully saturated rings. The molecule has 0 amide bonds. The summed E-state index contributed by atoms with van der Waals surface area (Å²) in [6.45, 7) is 0.161. The Morgan fingerprint density at radius 3 is 2.84 bits per heavy atom. The van der Waals surface area contributed by atoms with Gasteiger partial charge < -0.3 is 9.72 Å². The van der Waals surface area contributed by atoms with Gasteiger partial charge in [-0.1, -0.05) is 18.2 Å². The maximum absolute atomic E-state index is 13.4. The third kappa shape index (κ3) is 4.66. The summed E-state index contributed by atoms with van der Waals surface area (Å²) < 4.78 is 19.8. The Balaban J connectivity index is 1.54. The van der Waals surface area contributed by atoms with Crippen LogP contribution in [-0.2, 0) is 6.61 Å². The van der Waals surface area contributed by atoms with Crippen LogP contribution in [0.2, 0.25) is 0 Å². The van der Waals surface area contributed by atoms with Crippen molar-refractivity contribution in [2.75, 3.05) is 0 Å². The van der Waals surface area contributed by atoms with Crippen molar-refractivity contribution in [3.63, 3.8) is 0 Å². The molecule has 1 aromatic heterocycles. The molecule has 0 aliphatic rings. The summed E-state index contributed by atoms with van der Waals surface area (Å²) in [6.07, 6.45) is 1.66. The lowest BCUT2D eigenvalue weighted by Crippen LogP contribution is -1.97. The molecule has 9 heteroatoms. The van der Waals surface area contributed by atoms with Gasteiger partial charge in [0.05, 0.1) is 26.0 Å². The van der Waals surface area contributed by atoms with E-state index in [-0.39, 0.29) is 18.1 Å². The fraction of sp³-hybridized carbons (Fsp3) is 0.0435. The average molecular weight is 493 g/mol. The van der Waals surface area contributed by atoms with E-state index in [0.717, 1.165) is 5.56 Å². The number of fused-ring (bicyclic) bond motifs is 1. The number of imidazole rings is 1. The predicted octanol–water partition coefficient (Wildman–Crippen LogP) is 6.02. The van der Waals surface area contributed by atoms with Crippen LogP contribution in [0.3, 0.4) is 0 Å². The van der Waals surface area contributed by atoms with Crippen LogP contribution in [0, 0.1) is 27.3 Å². The van der Waals surface area contributed by atoms with Crippen LogP contribution in [-0.4, -0.2) is 14.9 Å². The fourth-order valence-electron chi connectivity index (χ4n) is 3.07. The lowest BCUT2D eigenvalue weighted by molar-refractivity contribution is -0.384. The molecule has 32 heavy (non-hydrogen) atoms. The Labute approximate surface area is 190 Å². The molecule has 0 saturated carbocycles. The Kier molecular flexibility index (Phi) is 5.96. The van der Waals surface area contributed by atoms with Crippen molar-refractivity contribution < 1.29 is 14.1 Å². The van der Waals surface area contributed by atoms with E-state index in [1.54, 1.807) is 42.5 Å². The Morgan fingerprint density at radius 2 is 2.09 bits per heavy atom. The molecule has 0 aliphatic heterocycles. The molecule has 0 unspecified atom stereocenters. The van der Waals surface area contributed by atoms with Crippen molar-refractivity contribution in [1.82, 2.24) is 9.97 Å². The van der Waals surface area contributed by atoms with Crippen molar-refractivity contribution in [2.45, 2.75) is 6.61 Å². The minimum atomic E-state index is -0.453. The summed E-state index contributed by atoms with van der Waals surface area (Å²) in [5.74, 6) is 0.501. The second kappa shape index (κ2) is 8.99. The number of ether oxygens (including phenoxy) is 1. The summed E-state index contributed by atoms with van der Waals surface area (Å²) in [4.78, 5) is 17.8. The zero-order valence-electron chi connectivity index (χ0n) is 16.4. The van der Waals surface area contributed by atoms with Crippen LogP contribution in [0.5, 0.6) is 5.75 Å². The first-order chi connectivity index (χ1) is 15.4. The van der Waals surface area contributed by atoms with E-state index in [4.69, 9.17) is 4.74 Å². The number of nitro benzene ring substituents is 1. The molecule has 158 valence electrons. The first kappa shape index (κ1) is 21.2. The summed E-state index contributed by atoms with van der Waals surface area (Å²) in [5.41, 5.74) is 2.76. The molecule has 0 radical (unpaired) electrons. The largest absolute Gasteiger partial charge is 0.488 e. The number of non-ortho nitro benzene ring substituents is 1. The third-order valence-electron chi connectivity index (χ3n) is 4.60. The first-order valence-corrected chi connectivity index (χ1v) is 10.2. The van der Waals surface area contributed by atoms with E-state index in [1.807, 2.05) is 0 Å². The van der Waals surface area contributed by atoms with E-state index < -0.39 is 4.92 Å². The molecular weight excluding hydrogens is 479 g/mol. The number of allylic oxidation sites excluding steroid dienone is 1. The predicted molar refractivity (Wildman–Crippen MR) is 121 cm³/mol. The van der Waals surface area contributed by atoms with E-state index >= 15 is 0 Å². The average Bonchev–Trinajstić information content (AvgIpc) is 3.20. The second-order valence-electron chi connectivity index (χ2n) is 6.82. The van der Waals surface area contributed by atoms with Crippen molar-refractivity contribution in [3.05, 3.63) is 98.0 Å². The number of rotatable bonds is 6. The number of benzene rings is 3. The fourth-order valence-corrected chi connectivity index (χ4v) is 3.59. The molecular formula is C23H14BrFN4O3. The summed E-state index contributed by atoms with van der Waals surface area (Å²) in [5, 5.41) is 20.5. The lowest BCUT2D eigenvalue weighted by atomic mass is 10.1. The van der Waals surface area contributed by atoms with Crippen LogP contribution in [0.15, 0.2) is 65.1 Å². The van der Waals surface area contributed by atoms with Crippen molar-refractivity contribution in [3.8, 4) is 11.8 Å². The third-order valence-corrected chi connectivity index (χ3v) is 5.22. The molecule has 7 nitrogen and oxygen atoms in total. The topological polar surface area (TPSA) is 105 Å². The first-order valence-electron chi connectivity index (χ1n) is 9.36. The number of aromatic amines is 1. The summed E-state index contributed by atoms with van der Waals surface area (Å²) >= 11 is 3.45. The van der Waals surface area contributed by atoms with Gasteiger partial charge in [0.15, 0.2) is 0 Å². The Bertz CT molecular complexity index is 1410. The van der Waals surface area contributed by atoms with Gasteiger partial charge in [-0.2, -0.15) is 5.26 Å². The number of nitrogens with one attached hydrogen (secondary N) is 1. The van der Waals surface area contributed by atoms with Gasteiger partial charge in [-0.3, -0.25) is 10.1 Å². The molecule has 1 N–H and O–H groups in total. The van der Waals surface area contributed by atoms with Crippen LogP contribution in [0.1, 0.15) is 17.0 Å². The molecule has 0 saturated heterocycles. The van der Waals surface area contributed by atoms with Crippen LogP contribution in [0.25, 0.3) is 22.7 Å². The number of halogens is 2. The van der Waals surface area contributed by atoms with Crippen molar-refractivity contribution in [2.24, 2.45) is 0 Å².